The monoisotopic (exact) mass is 466 g/mol. The normalized spacial score (nSPS) is 11.5. The van der Waals surface area contributed by atoms with Crippen molar-refractivity contribution in [3.63, 3.8) is 0 Å². The quantitative estimate of drug-likeness (QED) is 0.384. The van der Waals surface area contributed by atoms with Gasteiger partial charge >= 0.3 is 5.97 Å². The number of thioether (sulfide) groups is 1. The molecule has 3 rings (SSSR count). The predicted molar refractivity (Wildman–Crippen MR) is 131 cm³/mol. The van der Waals surface area contributed by atoms with Crippen LogP contribution in [0, 0.1) is 13.8 Å². The van der Waals surface area contributed by atoms with Crippen LogP contribution < -0.4 is 5.32 Å². The largest absolute Gasteiger partial charge is 0.480 e. The molecular weight excluding hydrogens is 436 g/mol. The van der Waals surface area contributed by atoms with E-state index < -0.39 is 10.7 Å². The molecule has 0 aliphatic rings. The Morgan fingerprint density at radius 2 is 1.79 bits per heavy atom. The molecule has 0 atom stereocenters. The number of hydrogen-bond donors (Lipinski definition) is 2. The molecule has 0 saturated carbocycles. The van der Waals surface area contributed by atoms with Crippen LogP contribution in [0.5, 0.6) is 0 Å². The maximum atomic E-state index is 12.8. The number of benzene rings is 2. The number of aryl methyl sites for hydroxylation is 2. The summed E-state index contributed by atoms with van der Waals surface area (Å²) in [5, 5.41) is 12.4. The first-order chi connectivity index (χ1) is 15.6. The average molecular weight is 467 g/mol. The summed E-state index contributed by atoms with van der Waals surface area (Å²) in [6.07, 6.45) is 1.62. The summed E-state index contributed by atoms with van der Waals surface area (Å²) >= 11 is 1.31. The fourth-order valence-corrected chi connectivity index (χ4v) is 4.35. The Bertz CT molecular complexity index is 1090. The zero-order chi connectivity index (χ0) is 24.0. The Labute approximate surface area is 199 Å². The van der Waals surface area contributed by atoms with Crippen molar-refractivity contribution in [2.24, 2.45) is 0 Å². The third-order valence-electron chi connectivity index (χ3n) is 5.20. The lowest BCUT2D eigenvalue weighted by atomic mass is 10.1. The van der Waals surface area contributed by atoms with Gasteiger partial charge in [0.1, 0.15) is 10.5 Å². The summed E-state index contributed by atoms with van der Waals surface area (Å²) in [7, 11) is 0. The summed E-state index contributed by atoms with van der Waals surface area (Å²) in [6.45, 7) is 8.63. The van der Waals surface area contributed by atoms with Crippen LogP contribution in [0.2, 0.25) is 0 Å². The van der Waals surface area contributed by atoms with Crippen LogP contribution in [-0.2, 0) is 22.7 Å². The van der Waals surface area contributed by atoms with E-state index in [0.29, 0.717) is 13.1 Å². The summed E-state index contributed by atoms with van der Waals surface area (Å²) in [5.41, 5.74) is 4.01. The summed E-state index contributed by atoms with van der Waals surface area (Å²) < 4.78 is 4.59. The highest BCUT2D eigenvalue weighted by atomic mass is 32.2. The highest BCUT2D eigenvalue weighted by Crippen LogP contribution is 2.32. The van der Waals surface area contributed by atoms with Gasteiger partial charge in [-0.2, -0.15) is 0 Å². The average Bonchev–Trinajstić information content (AvgIpc) is 3.24. The highest BCUT2D eigenvalue weighted by molar-refractivity contribution is 8.01. The van der Waals surface area contributed by atoms with Gasteiger partial charge in [-0.1, -0.05) is 29.8 Å². The molecule has 2 N–H and O–H groups in total. The number of carboxylic acids is 1. The Balaban J connectivity index is 1.69. The molecular formula is C26H30N2O4S. The van der Waals surface area contributed by atoms with Gasteiger partial charge in [-0.3, -0.25) is 14.5 Å². The van der Waals surface area contributed by atoms with Crippen molar-refractivity contribution in [1.82, 2.24) is 4.90 Å². The summed E-state index contributed by atoms with van der Waals surface area (Å²) in [6, 6.07) is 17.5. The second kappa shape index (κ2) is 10.7. The van der Waals surface area contributed by atoms with Gasteiger partial charge in [-0.05, 0) is 69.2 Å². The molecule has 0 fully saturated rings. The highest BCUT2D eigenvalue weighted by Gasteiger charge is 2.28. The van der Waals surface area contributed by atoms with Crippen molar-refractivity contribution in [3.8, 4) is 0 Å². The number of rotatable bonds is 10. The number of carbonyl (C=O) groups excluding carboxylic acids is 1. The van der Waals surface area contributed by atoms with Gasteiger partial charge in [0, 0.05) is 17.1 Å². The van der Waals surface area contributed by atoms with E-state index in [0.717, 1.165) is 33.0 Å². The Morgan fingerprint density at radius 3 is 2.39 bits per heavy atom. The van der Waals surface area contributed by atoms with Crippen LogP contribution in [0.15, 0.2) is 70.2 Å². The van der Waals surface area contributed by atoms with Crippen molar-refractivity contribution >= 4 is 29.3 Å². The third kappa shape index (κ3) is 7.23. The topological polar surface area (TPSA) is 82.8 Å². The maximum absolute atomic E-state index is 12.8. The first-order valence-electron chi connectivity index (χ1n) is 10.8. The minimum Gasteiger partial charge on any atom is -0.480 e. The first kappa shape index (κ1) is 24.6. The van der Waals surface area contributed by atoms with E-state index in [1.54, 1.807) is 20.1 Å². The molecule has 6 nitrogen and oxygen atoms in total. The number of amides is 1. The molecule has 33 heavy (non-hydrogen) atoms. The van der Waals surface area contributed by atoms with Crippen LogP contribution in [0.4, 0.5) is 5.69 Å². The smallest absolute Gasteiger partial charge is 0.319 e. The molecule has 0 bridgehead atoms. The molecule has 1 heterocycles. The van der Waals surface area contributed by atoms with Crippen molar-refractivity contribution in [2.45, 2.75) is 50.4 Å². The molecule has 174 valence electrons. The maximum Gasteiger partial charge on any atom is 0.319 e. The van der Waals surface area contributed by atoms with Crippen molar-refractivity contribution in [2.75, 3.05) is 11.9 Å². The number of nitrogens with zero attached hydrogens (tertiary/aromatic N) is 1. The SMILES string of the molecule is Cc1ccc(NC(=O)CN(Cc2ccc(SC(C)(C)C(=O)O)cc2)Cc2ccco2)c(C)c1. The fraction of sp³-hybridized carbons (Fsp3) is 0.308. The Hall–Kier alpha value is -3.03. The van der Waals surface area contributed by atoms with Gasteiger partial charge in [0.25, 0.3) is 0 Å². The number of nitrogens with one attached hydrogen (secondary N) is 1. The van der Waals surface area contributed by atoms with Crippen molar-refractivity contribution in [1.29, 1.82) is 0 Å². The van der Waals surface area contributed by atoms with E-state index in [-0.39, 0.29) is 12.5 Å². The van der Waals surface area contributed by atoms with E-state index in [1.807, 2.05) is 73.3 Å². The lowest BCUT2D eigenvalue weighted by molar-refractivity contribution is -0.138. The van der Waals surface area contributed by atoms with E-state index in [4.69, 9.17) is 4.42 Å². The van der Waals surface area contributed by atoms with E-state index in [9.17, 15) is 14.7 Å². The molecule has 2 aromatic carbocycles. The molecule has 0 aliphatic carbocycles. The van der Waals surface area contributed by atoms with Crippen LogP contribution in [0.25, 0.3) is 0 Å². The first-order valence-corrected chi connectivity index (χ1v) is 11.6. The van der Waals surface area contributed by atoms with Gasteiger partial charge in [-0.15, -0.1) is 11.8 Å². The molecule has 3 aromatic rings. The van der Waals surface area contributed by atoms with Crippen LogP contribution >= 0.6 is 11.8 Å². The minimum absolute atomic E-state index is 0.0936. The number of carboxylic acid groups (broad SMARTS) is 1. The third-order valence-corrected chi connectivity index (χ3v) is 6.39. The van der Waals surface area contributed by atoms with Crippen LogP contribution in [-0.4, -0.2) is 33.2 Å². The number of anilines is 1. The summed E-state index contributed by atoms with van der Waals surface area (Å²) in [5.74, 6) is -0.162. The Kier molecular flexibility index (Phi) is 8.00. The molecule has 0 radical (unpaired) electrons. The lowest BCUT2D eigenvalue weighted by Crippen LogP contribution is -2.32. The lowest BCUT2D eigenvalue weighted by Gasteiger charge is -2.22. The number of hydrogen-bond acceptors (Lipinski definition) is 5. The van der Waals surface area contributed by atoms with Crippen LogP contribution in [0.3, 0.4) is 0 Å². The standard InChI is InChI=1S/C26H30N2O4S/c1-18-7-12-23(19(2)14-18)27-24(29)17-28(16-21-6-5-13-32-21)15-20-8-10-22(11-9-20)33-26(3,4)25(30)31/h5-14H,15-17H2,1-4H3,(H,27,29)(H,30,31). The van der Waals surface area contributed by atoms with Gasteiger partial charge in [0.2, 0.25) is 5.91 Å². The molecule has 0 unspecified atom stereocenters. The van der Waals surface area contributed by atoms with Crippen molar-refractivity contribution in [3.05, 3.63) is 83.3 Å². The molecule has 0 saturated heterocycles. The van der Waals surface area contributed by atoms with E-state index >= 15 is 0 Å². The molecule has 1 aromatic heterocycles. The van der Waals surface area contributed by atoms with E-state index in [1.165, 1.54) is 11.8 Å². The predicted octanol–water partition coefficient (Wildman–Crippen LogP) is 5.49. The molecule has 7 heteroatoms. The number of aliphatic carboxylic acids is 1. The zero-order valence-electron chi connectivity index (χ0n) is 19.4. The van der Waals surface area contributed by atoms with Crippen molar-refractivity contribution < 1.29 is 19.1 Å². The molecule has 1 amide bonds. The zero-order valence-corrected chi connectivity index (χ0v) is 20.2. The van der Waals surface area contributed by atoms with Gasteiger partial charge in [-0.25, -0.2) is 0 Å². The minimum atomic E-state index is -0.904. The van der Waals surface area contributed by atoms with E-state index in [2.05, 4.69) is 5.32 Å². The van der Waals surface area contributed by atoms with Gasteiger partial charge < -0.3 is 14.8 Å². The second-order valence-corrected chi connectivity index (χ2v) is 10.3. The van der Waals surface area contributed by atoms with Gasteiger partial charge in [0.05, 0.1) is 19.4 Å². The molecule has 0 spiro atoms. The summed E-state index contributed by atoms with van der Waals surface area (Å²) in [4.78, 5) is 27.1. The Morgan fingerprint density at radius 1 is 1.06 bits per heavy atom. The fourth-order valence-electron chi connectivity index (χ4n) is 3.40. The van der Waals surface area contributed by atoms with Gasteiger partial charge in [0.15, 0.2) is 0 Å². The number of carbonyl (C=O) groups is 2. The second-order valence-electron chi connectivity index (χ2n) is 8.65. The molecule has 0 aliphatic heterocycles. The number of furan rings is 1. The van der Waals surface area contributed by atoms with Crippen LogP contribution in [0.1, 0.15) is 36.3 Å².